The molecule has 3 rings (SSSR count). The summed E-state index contributed by atoms with van der Waals surface area (Å²) in [5, 5.41) is 6.88. The first-order valence-corrected chi connectivity index (χ1v) is 8.66. The number of aromatic nitrogens is 2. The van der Waals surface area contributed by atoms with Gasteiger partial charge in [0.05, 0.1) is 7.11 Å². The number of urea groups is 1. The third-order valence-electron chi connectivity index (χ3n) is 4.01. The maximum atomic E-state index is 12.7. The highest BCUT2D eigenvalue weighted by molar-refractivity contribution is 5.89. The van der Waals surface area contributed by atoms with Crippen LogP contribution in [-0.4, -0.2) is 34.2 Å². The monoisotopic (exact) mass is 366 g/mol. The highest BCUT2D eigenvalue weighted by Crippen LogP contribution is 2.19. The molecule has 0 spiro atoms. The summed E-state index contributed by atoms with van der Waals surface area (Å²) in [7, 11) is 1.58. The summed E-state index contributed by atoms with van der Waals surface area (Å²) in [6.07, 6.45) is 0. The smallest absolute Gasteiger partial charge is 0.322 e. The van der Waals surface area contributed by atoms with Crippen LogP contribution in [0.2, 0.25) is 0 Å². The van der Waals surface area contributed by atoms with Gasteiger partial charge in [0, 0.05) is 23.4 Å². The van der Waals surface area contributed by atoms with Gasteiger partial charge in [-0.05, 0) is 26.0 Å². The first-order valence-electron chi connectivity index (χ1n) is 8.66. The van der Waals surface area contributed by atoms with Crippen LogP contribution >= 0.6 is 0 Å². The van der Waals surface area contributed by atoms with Crippen LogP contribution in [-0.2, 0) is 6.54 Å². The molecule has 140 valence electrons. The second-order valence-electron chi connectivity index (χ2n) is 6.26. The fraction of sp³-hybridized carbons (Fsp3) is 0.250. The Kier molecular flexibility index (Phi) is 5.71. The molecule has 0 aliphatic carbocycles. The summed E-state index contributed by atoms with van der Waals surface area (Å²) in [5.41, 5.74) is 1.52. The van der Waals surface area contributed by atoms with Crippen molar-refractivity contribution in [2.75, 3.05) is 12.4 Å². The Morgan fingerprint density at radius 2 is 1.96 bits per heavy atom. The number of benzene rings is 2. The fourth-order valence-corrected chi connectivity index (χ4v) is 2.55. The molecule has 0 radical (unpaired) electrons. The molecule has 7 nitrogen and oxygen atoms in total. The topological polar surface area (TPSA) is 80.5 Å². The number of hydrogen-bond acceptors (Lipinski definition) is 5. The summed E-state index contributed by atoms with van der Waals surface area (Å²) in [6, 6.07) is 16.5. The maximum absolute atomic E-state index is 12.7. The number of hydrogen-bond donors (Lipinski definition) is 1. The fourth-order valence-electron chi connectivity index (χ4n) is 2.55. The van der Waals surface area contributed by atoms with Crippen molar-refractivity contribution in [3.8, 4) is 17.1 Å². The number of amides is 2. The van der Waals surface area contributed by atoms with E-state index in [1.165, 1.54) is 0 Å². The van der Waals surface area contributed by atoms with E-state index in [-0.39, 0.29) is 18.6 Å². The molecule has 0 fully saturated rings. The van der Waals surface area contributed by atoms with Gasteiger partial charge in [0.15, 0.2) is 0 Å². The minimum absolute atomic E-state index is 0.0531. The third kappa shape index (κ3) is 4.63. The van der Waals surface area contributed by atoms with Crippen LogP contribution in [0.1, 0.15) is 19.7 Å². The van der Waals surface area contributed by atoms with Gasteiger partial charge in [-0.15, -0.1) is 0 Å². The molecule has 0 aliphatic rings. The number of nitrogens with one attached hydrogen (secondary N) is 1. The zero-order chi connectivity index (χ0) is 19.2. The molecule has 0 atom stereocenters. The Hall–Kier alpha value is -3.35. The van der Waals surface area contributed by atoms with Crippen molar-refractivity contribution in [3.63, 3.8) is 0 Å². The summed E-state index contributed by atoms with van der Waals surface area (Å²) >= 11 is 0. The Balaban J connectivity index is 1.72. The number of ether oxygens (including phenoxy) is 1. The number of carbonyl (C=O) groups excluding carboxylic acids is 1. The first-order chi connectivity index (χ1) is 13.1. The number of methoxy groups -OCH3 is 1. The van der Waals surface area contributed by atoms with Gasteiger partial charge in [-0.3, -0.25) is 0 Å². The molecule has 1 heterocycles. The minimum atomic E-state index is -0.252. The molecule has 2 aromatic carbocycles. The Morgan fingerprint density at radius 1 is 1.19 bits per heavy atom. The highest BCUT2D eigenvalue weighted by atomic mass is 16.5. The molecule has 1 aromatic heterocycles. The summed E-state index contributed by atoms with van der Waals surface area (Å²) in [4.78, 5) is 18.7. The van der Waals surface area contributed by atoms with Crippen molar-refractivity contribution < 1.29 is 14.1 Å². The lowest BCUT2D eigenvalue weighted by Crippen LogP contribution is -2.39. The van der Waals surface area contributed by atoms with Gasteiger partial charge in [0.1, 0.15) is 12.3 Å². The van der Waals surface area contributed by atoms with Gasteiger partial charge in [-0.25, -0.2) is 4.79 Å². The van der Waals surface area contributed by atoms with Crippen LogP contribution in [0.15, 0.2) is 59.1 Å². The molecule has 0 saturated carbocycles. The average Bonchev–Trinajstić information content (AvgIpc) is 3.15. The predicted molar refractivity (Wildman–Crippen MR) is 102 cm³/mol. The predicted octanol–water partition coefficient (Wildman–Crippen LogP) is 4.19. The molecular weight excluding hydrogens is 344 g/mol. The summed E-state index contributed by atoms with van der Waals surface area (Å²) in [6.45, 7) is 4.08. The van der Waals surface area contributed by atoms with Crippen molar-refractivity contribution in [1.29, 1.82) is 0 Å². The largest absolute Gasteiger partial charge is 0.497 e. The van der Waals surface area contributed by atoms with E-state index in [9.17, 15) is 4.79 Å². The maximum Gasteiger partial charge on any atom is 0.322 e. The second-order valence-corrected chi connectivity index (χ2v) is 6.26. The lowest BCUT2D eigenvalue weighted by Gasteiger charge is -2.25. The number of carbonyl (C=O) groups is 1. The van der Waals surface area contributed by atoms with E-state index in [0.717, 1.165) is 5.56 Å². The van der Waals surface area contributed by atoms with Gasteiger partial charge in [-0.2, -0.15) is 4.98 Å². The van der Waals surface area contributed by atoms with Crippen LogP contribution < -0.4 is 10.1 Å². The third-order valence-corrected chi connectivity index (χ3v) is 4.01. The van der Waals surface area contributed by atoms with Gasteiger partial charge in [-0.1, -0.05) is 41.6 Å². The molecular formula is C20H22N4O3. The Bertz CT molecular complexity index is 893. The molecule has 0 bridgehead atoms. The van der Waals surface area contributed by atoms with Crippen LogP contribution in [0.3, 0.4) is 0 Å². The van der Waals surface area contributed by atoms with E-state index < -0.39 is 0 Å². The van der Waals surface area contributed by atoms with Crippen LogP contribution in [0.5, 0.6) is 5.75 Å². The zero-order valence-corrected chi connectivity index (χ0v) is 15.5. The van der Waals surface area contributed by atoms with E-state index >= 15 is 0 Å². The quantitative estimate of drug-likeness (QED) is 0.707. The van der Waals surface area contributed by atoms with Crippen LogP contribution in [0.25, 0.3) is 11.4 Å². The molecule has 0 unspecified atom stereocenters. The van der Waals surface area contributed by atoms with E-state index in [1.807, 2.05) is 56.3 Å². The Labute approximate surface area is 158 Å². The first kappa shape index (κ1) is 18.4. The van der Waals surface area contributed by atoms with Crippen molar-refractivity contribution in [2.24, 2.45) is 0 Å². The zero-order valence-electron chi connectivity index (χ0n) is 15.5. The van der Waals surface area contributed by atoms with E-state index in [0.29, 0.717) is 23.2 Å². The average molecular weight is 366 g/mol. The SMILES string of the molecule is COc1cccc(NC(=O)N(Cc2nc(-c3ccccc3)no2)C(C)C)c1. The molecule has 7 heteroatoms. The number of anilines is 1. The van der Waals surface area contributed by atoms with E-state index in [1.54, 1.807) is 24.1 Å². The Morgan fingerprint density at radius 3 is 2.67 bits per heavy atom. The minimum Gasteiger partial charge on any atom is -0.497 e. The molecule has 0 aliphatic heterocycles. The number of nitrogens with zero attached hydrogens (tertiary/aromatic N) is 3. The summed E-state index contributed by atoms with van der Waals surface area (Å²) in [5.74, 6) is 1.55. The molecule has 27 heavy (non-hydrogen) atoms. The lowest BCUT2D eigenvalue weighted by atomic mass is 10.2. The van der Waals surface area contributed by atoms with Gasteiger partial charge in [0.25, 0.3) is 0 Å². The van der Waals surface area contributed by atoms with Crippen molar-refractivity contribution in [2.45, 2.75) is 26.4 Å². The van der Waals surface area contributed by atoms with Crippen molar-refractivity contribution in [3.05, 3.63) is 60.5 Å². The normalized spacial score (nSPS) is 10.7. The second kappa shape index (κ2) is 8.35. The van der Waals surface area contributed by atoms with Crippen LogP contribution in [0.4, 0.5) is 10.5 Å². The van der Waals surface area contributed by atoms with Gasteiger partial charge >= 0.3 is 6.03 Å². The van der Waals surface area contributed by atoms with Crippen molar-refractivity contribution >= 4 is 11.7 Å². The molecule has 3 aromatic rings. The lowest BCUT2D eigenvalue weighted by molar-refractivity contribution is 0.182. The number of rotatable bonds is 6. The molecule has 0 saturated heterocycles. The van der Waals surface area contributed by atoms with Crippen LogP contribution in [0, 0.1) is 0 Å². The van der Waals surface area contributed by atoms with E-state index in [2.05, 4.69) is 15.5 Å². The van der Waals surface area contributed by atoms with Gasteiger partial charge < -0.3 is 19.5 Å². The molecule has 1 N–H and O–H groups in total. The standard InChI is InChI=1S/C20H22N4O3/c1-14(2)24(20(25)21-16-10-7-11-17(12-16)26-3)13-18-22-19(23-27-18)15-8-5-4-6-9-15/h4-12,14H,13H2,1-3H3,(H,21,25). The molecule has 2 amide bonds. The van der Waals surface area contributed by atoms with Crippen molar-refractivity contribution in [1.82, 2.24) is 15.0 Å². The highest BCUT2D eigenvalue weighted by Gasteiger charge is 2.21. The summed E-state index contributed by atoms with van der Waals surface area (Å²) < 4.78 is 10.5. The van der Waals surface area contributed by atoms with E-state index in [4.69, 9.17) is 9.26 Å². The van der Waals surface area contributed by atoms with Gasteiger partial charge in [0.2, 0.25) is 11.7 Å².